The molecule has 5 rings (SSSR count). The SMILES string of the molecule is CNC(=O)Oc1cccc2ccccc12.Cc1c(COC(=O)C2C(/C=C(\Cl)C(F)(F)F)C2(C)C)cccc1-c1ccccc1. The van der Waals surface area contributed by atoms with E-state index in [9.17, 15) is 22.8 Å². The van der Waals surface area contributed by atoms with Crippen LogP contribution in [0, 0.1) is 24.2 Å². The Labute approximate surface area is 259 Å². The Hall–Kier alpha value is -4.30. The van der Waals surface area contributed by atoms with E-state index < -0.39 is 40.5 Å². The van der Waals surface area contributed by atoms with Gasteiger partial charge in [0.1, 0.15) is 17.4 Å². The van der Waals surface area contributed by atoms with E-state index in [4.69, 9.17) is 21.1 Å². The molecule has 4 aromatic rings. The highest BCUT2D eigenvalue weighted by molar-refractivity contribution is 6.30. The summed E-state index contributed by atoms with van der Waals surface area (Å²) in [5.74, 6) is -1.17. The molecular formula is C35H33ClF3NO4. The van der Waals surface area contributed by atoms with E-state index in [1.54, 1.807) is 19.9 Å². The fraction of sp³-hybridized carbons (Fsp3) is 0.257. The van der Waals surface area contributed by atoms with Gasteiger partial charge < -0.3 is 14.8 Å². The van der Waals surface area contributed by atoms with Gasteiger partial charge in [-0.2, -0.15) is 13.2 Å². The maximum atomic E-state index is 12.7. The van der Waals surface area contributed by atoms with E-state index >= 15 is 0 Å². The molecule has 1 amide bonds. The smallest absolute Gasteiger partial charge is 0.426 e. The molecule has 1 aliphatic carbocycles. The third-order valence-electron chi connectivity index (χ3n) is 7.82. The van der Waals surface area contributed by atoms with Crippen LogP contribution in [0.2, 0.25) is 0 Å². The molecular weight excluding hydrogens is 591 g/mol. The summed E-state index contributed by atoms with van der Waals surface area (Å²) in [4.78, 5) is 23.6. The number of rotatable bonds is 6. The largest absolute Gasteiger partial charge is 0.461 e. The van der Waals surface area contributed by atoms with E-state index in [0.29, 0.717) is 5.75 Å². The maximum Gasteiger partial charge on any atom is 0.426 e. The summed E-state index contributed by atoms with van der Waals surface area (Å²) in [6.45, 7) is 5.51. The van der Waals surface area contributed by atoms with Crippen LogP contribution >= 0.6 is 11.6 Å². The lowest BCUT2D eigenvalue weighted by Crippen LogP contribution is -2.22. The molecule has 9 heteroatoms. The van der Waals surface area contributed by atoms with Gasteiger partial charge in [0.05, 0.1) is 5.92 Å². The lowest BCUT2D eigenvalue weighted by atomic mass is 9.97. The minimum Gasteiger partial charge on any atom is -0.461 e. The molecule has 230 valence electrons. The van der Waals surface area contributed by atoms with Gasteiger partial charge >= 0.3 is 18.2 Å². The maximum absolute atomic E-state index is 12.7. The summed E-state index contributed by atoms with van der Waals surface area (Å²) in [5.41, 5.74) is 3.34. The fourth-order valence-electron chi connectivity index (χ4n) is 5.14. The number of carbonyl (C=O) groups excluding carboxylic acids is 2. The number of allylic oxidation sites excluding steroid dienone is 2. The molecule has 1 fully saturated rings. The molecule has 0 aromatic heterocycles. The lowest BCUT2D eigenvalue weighted by molar-refractivity contribution is -0.147. The number of hydrogen-bond donors (Lipinski definition) is 1. The first-order valence-electron chi connectivity index (χ1n) is 14.0. The summed E-state index contributed by atoms with van der Waals surface area (Å²) in [6.07, 6.45) is -4.13. The third-order valence-corrected chi connectivity index (χ3v) is 8.16. The number of esters is 1. The Bertz CT molecular complexity index is 1660. The van der Waals surface area contributed by atoms with Crippen LogP contribution in [0.15, 0.2) is 102 Å². The van der Waals surface area contributed by atoms with Crippen molar-refractivity contribution in [2.45, 2.75) is 33.6 Å². The van der Waals surface area contributed by atoms with Crippen molar-refractivity contribution in [2.75, 3.05) is 7.05 Å². The Kier molecular flexibility index (Phi) is 10.0. The van der Waals surface area contributed by atoms with E-state index in [1.165, 1.54) is 7.05 Å². The lowest BCUT2D eigenvalue weighted by Gasteiger charge is -2.12. The zero-order chi connectivity index (χ0) is 32.1. The van der Waals surface area contributed by atoms with Crippen molar-refractivity contribution in [3.63, 3.8) is 0 Å². The number of hydrogen-bond acceptors (Lipinski definition) is 4. The topological polar surface area (TPSA) is 64.6 Å². The zero-order valence-corrected chi connectivity index (χ0v) is 25.5. The molecule has 2 atom stereocenters. The van der Waals surface area contributed by atoms with Gasteiger partial charge in [0, 0.05) is 12.4 Å². The number of carbonyl (C=O) groups is 2. The van der Waals surface area contributed by atoms with Crippen molar-refractivity contribution in [1.82, 2.24) is 5.32 Å². The first-order chi connectivity index (χ1) is 20.8. The second-order valence-corrected chi connectivity index (χ2v) is 11.4. The monoisotopic (exact) mass is 623 g/mol. The van der Waals surface area contributed by atoms with Crippen LogP contribution in [0.3, 0.4) is 0 Å². The van der Waals surface area contributed by atoms with Crippen LogP contribution in [-0.2, 0) is 16.1 Å². The van der Waals surface area contributed by atoms with Gasteiger partial charge in [0.15, 0.2) is 0 Å². The molecule has 1 saturated carbocycles. The predicted molar refractivity (Wildman–Crippen MR) is 166 cm³/mol. The van der Waals surface area contributed by atoms with Gasteiger partial charge in [-0.25, -0.2) is 4.79 Å². The number of amides is 1. The van der Waals surface area contributed by atoms with Gasteiger partial charge in [0.2, 0.25) is 0 Å². The van der Waals surface area contributed by atoms with Gasteiger partial charge in [-0.1, -0.05) is 116 Å². The Morgan fingerprint density at radius 2 is 1.57 bits per heavy atom. The van der Waals surface area contributed by atoms with Crippen LogP contribution in [0.4, 0.5) is 18.0 Å². The number of alkyl halides is 3. The summed E-state index contributed by atoms with van der Waals surface area (Å²) < 4.78 is 48.7. The van der Waals surface area contributed by atoms with Crippen molar-refractivity contribution >= 4 is 34.4 Å². The van der Waals surface area contributed by atoms with Gasteiger partial charge in [-0.3, -0.25) is 4.79 Å². The van der Waals surface area contributed by atoms with Crippen LogP contribution in [0.5, 0.6) is 5.75 Å². The number of nitrogens with one attached hydrogen (secondary N) is 1. The number of ether oxygens (including phenoxy) is 2. The number of halogens is 4. The third kappa shape index (κ3) is 7.61. The summed E-state index contributed by atoms with van der Waals surface area (Å²) in [6, 6.07) is 29.0. The molecule has 1 aliphatic rings. The van der Waals surface area contributed by atoms with Crippen molar-refractivity contribution in [3.05, 3.63) is 113 Å². The fourth-order valence-corrected chi connectivity index (χ4v) is 5.27. The predicted octanol–water partition coefficient (Wildman–Crippen LogP) is 9.22. The van der Waals surface area contributed by atoms with Gasteiger partial charge in [-0.15, -0.1) is 0 Å². The Morgan fingerprint density at radius 1 is 0.932 bits per heavy atom. The normalized spacial score (nSPS) is 17.2. The van der Waals surface area contributed by atoms with E-state index in [-0.39, 0.29) is 6.61 Å². The minimum atomic E-state index is -4.61. The molecule has 44 heavy (non-hydrogen) atoms. The van der Waals surface area contributed by atoms with Crippen molar-refractivity contribution < 1.29 is 32.2 Å². The van der Waals surface area contributed by atoms with E-state index in [1.807, 2.05) is 91.9 Å². The summed E-state index contributed by atoms with van der Waals surface area (Å²) in [7, 11) is 1.54. The molecule has 4 aromatic carbocycles. The average Bonchev–Trinajstić information content (AvgIpc) is 3.55. The van der Waals surface area contributed by atoms with Crippen molar-refractivity contribution in [1.29, 1.82) is 0 Å². The summed E-state index contributed by atoms with van der Waals surface area (Å²) in [5, 5.41) is 3.21. The number of fused-ring (bicyclic) bond motifs is 1. The molecule has 0 bridgehead atoms. The van der Waals surface area contributed by atoms with Crippen molar-refractivity contribution in [2.24, 2.45) is 17.3 Å². The van der Waals surface area contributed by atoms with Crippen LogP contribution in [0.1, 0.15) is 25.0 Å². The molecule has 2 unspecified atom stereocenters. The Morgan fingerprint density at radius 3 is 2.25 bits per heavy atom. The first-order valence-corrected chi connectivity index (χ1v) is 14.3. The average molecular weight is 624 g/mol. The molecule has 0 radical (unpaired) electrons. The van der Waals surface area contributed by atoms with Crippen LogP contribution in [0.25, 0.3) is 21.9 Å². The molecule has 0 spiro atoms. The highest BCUT2D eigenvalue weighted by Crippen LogP contribution is 2.60. The van der Waals surface area contributed by atoms with Gasteiger partial charge in [0.25, 0.3) is 0 Å². The highest BCUT2D eigenvalue weighted by atomic mass is 35.5. The van der Waals surface area contributed by atoms with Crippen molar-refractivity contribution in [3.8, 4) is 16.9 Å². The standard InChI is InChI=1S/C23H22ClF3O2.C12H11NO2/c1-14-16(10-7-11-17(14)15-8-5-4-6-9-15)13-29-21(28)20-18(22(20,2)3)12-19(24)23(25,26)27;1-13-12(14)15-11-8-4-6-9-5-2-3-7-10(9)11/h4-12,18,20H,13H2,1-3H3;2-8H,1H3,(H,13,14)/b19-12-;. The second kappa shape index (κ2) is 13.6. The molecule has 0 heterocycles. The number of benzene rings is 4. The van der Waals surface area contributed by atoms with E-state index in [2.05, 4.69) is 5.32 Å². The second-order valence-electron chi connectivity index (χ2n) is 11.0. The van der Waals surface area contributed by atoms with Crippen LogP contribution in [-0.4, -0.2) is 25.3 Å². The first kappa shape index (κ1) is 32.6. The van der Waals surface area contributed by atoms with E-state index in [0.717, 1.165) is 39.1 Å². The Balaban J connectivity index is 0.000000246. The molecule has 5 nitrogen and oxygen atoms in total. The molecule has 0 saturated heterocycles. The quantitative estimate of drug-likeness (QED) is 0.218. The van der Waals surface area contributed by atoms with Gasteiger partial charge in [-0.05, 0) is 52.0 Å². The zero-order valence-electron chi connectivity index (χ0n) is 24.7. The minimum absolute atomic E-state index is 0.0708. The molecule has 1 N–H and O–H groups in total. The summed E-state index contributed by atoms with van der Waals surface area (Å²) >= 11 is 5.34. The highest BCUT2D eigenvalue weighted by Gasteiger charge is 2.62. The molecule has 0 aliphatic heterocycles. The van der Waals surface area contributed by atoms with Crippen LogP contribution < -0.4 is 10.1 Å².